The molecule has 0 saturated carbocycles. The number of rotatable bonds is 4. The van der Waals surface area contributed by atoms with Crippen LogP contribution >= 0.6 is 0 Å². The number of phenols is 1. The Morgan fingerprint density at radius 1 is 1.14 bits per heavy atom. The number of aromatic hydroxyl groups is 1. The van der Waals surface area contributed by atoms with Gasteiger partial charge in [-0.2, -0.15) is 0 Å². The van der Waals surface area contributed by atoms with Crippen LogP contribution in [0.1, 0.15) is 68.7 Å². The van der Waals surface area contributed by atoms with Crippen molar-refractivity contribution in [3.8, 4) is 11.5 Å². The molecule has 0 amide bonds. The molecule has 21 heavy (non-hydrogen) atoms. The van der Waals surface area contributed by atoms with Crippen molar-refractivity contribution in [2.75, 3.05) is 0 Å². The van der Waals surface area contributed by atoms with E-state index in [9.17, 15) is 5.11 Å². The Hall–Kier alpha value is -1.18. The SMILES string of the molecule is Cc1c(C)c2c(c(C)c1O)CCC(C)(CCCC(C)C)O2. The molecule has 1 N–H and O–H groups in total. The summed E-state index contributed by atoms with van der Waals surface area (Å²) in [6.45, 7) is 12.8. The van der Waals surface area contributed by atoms with E-state index in [1.807, 2.05) is 13.8 Å². The number of benzene rings is 1. The molecule has 1 aromatic rings. The van der Waals surface area contributed by atoms with Gasteiger partial charge in [0.25, 0.3) is 0 Å². The number of hydrogen-bond acceptors (Lipinski definition) is 2. The smallest absolute Gasteiger partial charge is 0.127 e. The lowest BCUT2D eigenvalue weighted by atomic mass is 9.84. The standard InChI is InChI=1S/C19H30O2/c1-12(2)8-7-10-19(6)11-9-16-15(5)17(20)13(3)14(4)18(16)21-19/h12,20H,7-11H2,1-6H3. The Bertz CT molecular complexity index is 531. The van der Waals surface area contributed by atoms with E-state index in [2.05, 4.69) is 27.7 Å². The highest BCUT2D eigenvalue weighted by atomic mass is 16.5. The van der Waals surface area contributed by atoms with E-state index >= 15 is 0 Å². The number of ether oxygens (including phenoxy) is 1. The van der Waals surface area contributed by atoms with Crippen LogP contribution in [0.5, 0.6) is 11.5 Å². The molecule has 1 atom stereocenters. The summed E-state index contributed by atoms with van der Waals surface area (Å²) in [6, 6.07) is 0. The van der Waals surface area contributed by atoms with Crippen LogP contribution in [0.25, 0.3) is 0 Å². The lowest BCUT2D eigenvalue weighted by Gasteiger charge is -2.38. The largest absolute Gasteiger partial charge is 0.507 e. The summed E-state index contributed by atoms with van der Waals surface area (Å²) in [6.07, 6.45) is 5.65. The molecule has 2 rings (SSSR count). The zero-order valence-electron chi connectivity index (χ0n) is 14.5. The molecular formula is C19H30O2. The molecule has 1 aliphatic rings. The average Bonchev–Trinajstić information content (AvgIpc) is 2.42. The highest BCUT2D eigenvalue weighted by molar-refractivity contribution is 5.58. The maximum atomic E-state index is 10.2. The van der Waals surface area contributed by atoms with Crippen molar-refractivity contribution < 1.29 is 9.84 Å². The summed E-state index contributed by atoms with van der Waals surface area (Å²) >= 11 is 0. The first kappa shape index (κ1) is 16.2. The van der Waals surface area contributed by atoms with E-state index in [0.29, 0.717) is 5.75 Å². The first-order valence-corrected chi connectivity index (χ1v) is 8.26. The molecule has 0 saturated heterocycles. The summed E-state index contributed by atoms with van der Waals surface area (Å²) in [5, 5.41) is 10.2. The Balaban J connectivity index is 2.24. The Morgan fingerprint density at radius 3 is 2.43 bits per heavy atom. The van der Waals surface area contributed by atoms with Crippen LogP contribution in [-0.4, -0.2) is 10.7 Å². The fourth-order valence-electron chi connectivity index (χ4n) is 3.36. The molecule has 0 bridgehead atoms. The van der Waals surface area contributed by atoms with Crippen LogP contribution in [0.3, 0.4) is 0 Å². The van der Waals surface area contributed by atoms with E-state index < -0.39 is 0 Å². The Morgan fingerprint density at radius 2 is 1.81 bits per heavy atom. The van der Waals surface area contributed by atoms with Gasteiger partial charge in [-0.3, -0.25) is 0 Å². The van der Waals surface area contributed by atoms with E-state index in [4.69, 9.17) is 4.74 Å². The van der Waals surface area contributed by atoms with Crippen LogP contribution in [0.4, 0.5) is 0 Å². The van der Waals surface area contributed by atoms with Gasteiger partial charge >= 0.3 is 0 Å². The lowest BCUT2D eigenvalue weighted by Crippen LogP contribution is -2.37. The molecule has 1 heterocycles. The molecule has 0 fully saturated rings. The second kappa shape index (κ2) is 5.90. The summed E-state index contributed by atoms with van der Waals surface area (Å²) in [5.74, 6) is 2.23. The van der Waals surface area contributed by atoms with Gasteiger partial charge in [0.05, 0.1) is 0 Å². The van der Waals surface area contributed by atoms with Crippen molar-refractivity contribution in [1.82, 2.24) is 0 Å². The van der Waals surface area contributed by atoms with Crippen molar-refractivity contribution in [1.29, 1.82) is 0 Å². The van der Waals surface area contributed by atoms with Gasteiger partial charge in [0.1, 0.15) is 17.1 Å². The van der Waals surface area contributed by atoms with Crippen LogP contribution in [0.15, 0.2) is 0 Å². The predicted molar refractivity (Wildman–Crippen MR) is 88.4 cm³/mol. The molecule has 1 aliphatic heterocycles. The number of hydrogen-bond donors (Lipinski definition) is 1. The van der Waals surface area contributed by atoms with Crippen molar-refractivity contribution in [2.45, 2.75) is 79.2 Å². The third-order valence-corrected chi connectivity index (χ3v) is 5.08. The maximum absolute atomic E-state index is 10.2. The third kappa shape index (κ3) is 3.20. The average molecular weight is 290 g/mol. The highest BCUT2D eigenvalue weighted by Gasteiger charge is 2.34. The van der Waals surface area contributed by atoms with Crippen LogP contribution < -0.4 is 4.74 Å². The van der Waals surface area contributed by atoms with Crippen LogP contribution in [0.2, 0.25) is 0 Å². The summed E-state index contributed by atoms with van der Waals surface area (Å²) in [5.41, 5.74) is 4.21. The molecule has 1 unspecified atom stereocenters. The summed E-state index contributed by atoms with van der Waals surface area (Å²) < 4.78 is 6.44. The first-order valence-electron chi connectivity index (χ1n) is 8.26. The van der Waals surface area contributed by atoms with Gasteiger partial charge in [0, 0.05) is 5.56 Å². The fraction of sp³-hybridized carbons (Fsp3) is 0.684. The first-order chi connectivity index (χ1) is 9.75. The molecule has 0 radical (unpaired) electrons. The van der Waals surface area contributed by atoms with Gasteiger partial charge in [-0.25, -0.2) is 0 Å². The maximum Gasteiger partial charge on any atom is 0.127 e. The molecule has 2 heteroatoms. The van der Waals surface area contributed by atoms with Gasteiger partial charge < -0.3 is 9.84 Å². The molecule has 0 spiro atoms. The van der Waals surface area contributed by atoms with Gasteiger partial charge in [-0.15, -0.1) is 0 Å². The molecule has 2 nitrogen and oxygen atoms in total. The number of fused-ring (bicyclic) bond motifs is 1. The normalized spacial score (nSPS) is 21.3. The van der Waals surface area contributed by atoms with Gasteiger partial charge in [-0.05, 0) is 76.0 Å². The topological polar surface area (TPSA) is 29.5 Å². The number of phenolic OH excluding ortho intramolecular Hbond substituents is 1. The van der Waals surface area contributed by atoms with Crippen molar-refractivity contribution >= 4 is 0 Å². The molecule has 1 aromatic carbocycles. The van der Waals surface area contributed by atoms with Crippen LogP contribution in [0, 0.1) is 26.7 Å². The van der Waals surface area contributed by atoms with Gasteiger partial charge in [0.15, 0.2) is 0 Å². The zero-order valence-corrected chi connectivity index (χ0v) is 14.5. The monoisotopic (exact) mass is 290 g/mol. The van der Waals surface area contributed by atoms with E-state index in [0.717, 1.165) is 47.6 Å². The molecule has 0 aliphatic carbocycles. The van der Waals surface area contributed by atoms with E-state index in [1.165, 1.54) is 18.4 Å². The van der Waals surface area contributed by atoms with Crippen molar-refractivity contribution in [3.05, 3.63) is 22.3 Å². The highest BCUT2D eigenvalue weighted by Crippen LogP contribution is 2.44. The zero-order chi connectivity index (χ0) is 15.8. The van der Waals surface area contributed by atoms with Crippen LogP contribution in [-0.2, 0) is 6.42 Å². The summed E-state index contributed by atoms with van der Waals surface area (Å²) in [4.78, 5) is 0. The fourth-order valence-corrected chi connectivity index (χ4v) is 3.36. The lowest BCUT2D eigenvalue weighted by molar-refractivity contribution is 0.0515. The second-order valence-electron chi connectivity index (χ2n) is 7.37. The second-order valence-corrected chi connectivity index (χ2v) is 7.37. The van der Waals surface area contributed by atoms with Crippen molar-refractivity contribution in [2.24, 2.45) is 5.92 Å². The molecule has 118 valence electrons. The van der Waals surface area contributed by atoms with Gasteiger partial charge in [0.2, 0.25) is 0 Å². The van der Waals surface area contributed by atoms with E-state index in [-0.39, 0.29) is 5.60 Å². The summed E-state index contributed by atoms with van der Waals surface area (Å²) in [7, 11) is 0. The quantitative estimate of drug-likeness (QED) is 0.823. The van der Waals surface area contributed by atoms with Crippen molar-refractivity contribution in [3.63, 3.8) is 0 Å². The predicted octanol–water partition coefficient (Wildman–Crippen LogP) is 5.23. The minimum absolute atomic E-state index is 0.0531. The molecular weight excluding hydrogens is 260 g/mol. The minimum Gasteiger partial charge on any atom is -0.507 e. The Kier molecular flexibility index (Phi) is 4.55. The molecule has 0 aromatic heterocycles. The minimum atomic E-state index is -0.0531. The van der Waals surface area contributed by atoms with E-state index in [1.54, 1.807) is 0 Å². The Labute approximate surface area is 129 Å². The third-order valence-electron chi connectivity index (χ3n) is 5.08. The van der Waals surface area contributed by atoms with Gasteiger partial charge in [-0.1, -0.05) is 20.3 Å².